The number of hydrogen-bond acceptors (Lipinski definition) is 10. The Balaban J connectivity index is 2.05. The first kappa shape index (κ1) is 41.5. The second-order valence-corrected chi connectivity index (χ2v) is 12.8. The van der Waals surface area contributed by atoms with E-state index in [1.807, 2.05) is 6.26 Å². The number of benzene rings is 2. The molecule has 0 aliphatic carbocycles. The van der Waals surface area contributed by atoms with Gasteiger partial charge in [0.2, 0.25) is 35.4 Å². The maximum Gasteiger partial charge on any atom is 0.243 e. The standard InChI is InChI=1S/C34H50N8O7S/c1-21(39-33(48)28(19-23-11-13-24(43)14-12-23)42-32(47)25(36)10-6-7-16-35)31(46)38-20-29(44)40-27(18-22-8-4-3-5-9-22)34(49)41-26(30(37)45)15-17-50-2/h3-5,8-9,11-14,21,25-28,43H,6-7,10,15-20,35-36H2,1-2H3,(H2,37,45)(H,38,46)(H,39,48)(H,40,44)(H,41,49)(H,42,47)/t21-,25+,26+,27+,28+/m1/s1. The number of aromatic hydroxyl groups is 1. The molecular formula is C34H50N8O7S. The monoisotopic (exact) mass is 714 g/mol. The smallest absolute Gasteiger partial charge is 0.243 e. The van der Waals surface area contributed by atoms with Gasteiger partial charge in [-0.15, -0.1) is 0 Å². The first-order valence-corrected chi connectivity index (χ1v) is 17.8. The predicted molar refractivity (Wildman–Crippen MR) is 191 cm³/mol. The first-order chi connectivity index (χ1) is 23.8. The molecule has 2 aromatic carbocycles. The fourth-order valence-electron chi connectivity index (χ4n) is 4.79. The number of hydrogen-bond donors (Lipinski definition) is 9. The van der Waals surface area contributed by atoms with E-state index in [1.54, 1.807) is 42.5 Å². The predicted octanol–water partition coefficient (Wildman–Crippen LogP) is -1.05. The summed E-state index contributed by atoms with van der Waals surface area (Å²) in [4.78, 5) is 77.1. The third-order valence-electron chi connectivity index (χ3n) is 7.70. The Bertz CT molecular complexity index is 1410. The molecule has 12 N–H and O–H groups in total. The number of amides is 6. The van der Waals surface area contributed by atoms with Gasteiger partial charge in [-0.3, -0.25) is 28.8 Å². The topological polar surface area (TPSA) is 261 Å². The maximum absolute atomic E-state index is 13.3. The quantitative estimate of drug-likeness (QED) is 0.0669. The molecule has 0 bridgehead atoms. The van der Waals surface area contributed by atoms with Crippen molar-refractivity contribution < 1.29 is 33.9 Å². The molecule has 0 aromatic heterocycles. The normalized spacial score (nSPS) is 13.8. The first-order valence-electron chi connectivity index (χ1n) is 16.4. The molecule has 0 unspecified atom stereocenters. The Labute approximate surface area is 296 Å². The molecule has 50 heavy (non-hydrogen) atoms. The van der Waals surface area contributed by atoms with Crippen LogP contribution >= 0.6 is 11.8 Å². The molecule has 5 atom stereocenters. The number of thioether (sulfide) groups is 1. The van der Waals surface area contributed by atoms with E-state index >= 15 is 0 Å². The molecular weight excluding hydrogens is 664 g/mol. The molecule has 0 spiro atoms. The number of rotatable bonds is 22. The number of carbonyl (C=O) groups is 6. The summed E-state index contributed by atoms with van der Waals surface area (Å²) in [7, 11) is 0. The molecule has 15 nitrogen and oxygen atoms in total. The third-order valence-corrected chi connectivity index (χ3v) is 8.34. The van der Waals surface area contributed by atoms with Crippen molar-refractivity contribution in [1.29, 1.82) is 0 Å². The molecule has 0 radical (unpaired) electrons. The minimum absolute atomic E-state index is 0.0306. The third kappa shape index (κ3) is 15.3. The summed E-state index contributed by atoms with van der Waals surface area (Å²) in [6.07, 6.45) is 4.02. The lowest BCUT2D eigenvalue weighted by Crippen LogP contribution is -2.57. The molecule has 16 heteroatoms. The second-order valence-electron chi connectivity index (χ2n) is 11.8. The fraction of sp³-hybridized carbons (Fsp3) is 0.471. The lowest BCUT2D eigenvalue weighted by molar-refractivity contribution is -0.133. The summed E-state index contributed by atoms with van der Waals surface area (Å²) in [5.74, 6) is -3.30. The van der Waals surface area contributed by atoms with Crippen LogP contribution in [0.1, 0.15) is 43.7 Å². The van der Waals surface area contributed by atoms with Crippen molar-refractivity contribution in [3.63, 3.8) is 0 Å². The summed E-state index contributed by atoms with van der Waals surface area (Å²) in [6.45, 7) is 1.35. The van der Waals surface area contributed by atoms with Crippen molar-refractivity contribution in [3.8, 4) is 5.75 Å². The summed E-state index contributed by atoms with van der Waals surface area (Å²) in [5, 5.41) is 22.5. The van der Waals surface area contributed by atoms with Crippen molar-refractivity contribution in [1.82, 2.24) is 26.6 Å². The molecule has 0 aliphatic heterocycles. The fourth-order valence-corrected chi connectivity index (χ4v) is 5.26. The van der Waals surface area contributed by atoms with Crippen LogP contribution in [0.4, 0.5) is 0 Å². The van der Waals surface area contributed by atoms with E-state index in [4.69, 9.17) is 17.2 Å². The van der Waals surface area contributed by atoms with Crippen LogP contribution in [0.25, 0.3) is 0 Å². The Morgan fingerprint density at radius 1 is 0.740 bits per heavy atom. The van der Waals surface area contributed by atoms with Crippen LogP contribution in [0.3, 0.4) is 0 Å². The number of phenolic OH excluding ortho intramolecular Hbond substituents is 1. The lowest BCUT2D eigenvalue weighted by atomic mass is 10.0. The Kier molecular flexibility index (Phi) is 18.4. The number of carbonyl (C=O) groups excluding carboxylic acids is 6. The highest BCUT2D eigenvalue weighted by Gasteiger charge is 2.28. The number of nitrogens with one attached hydrogen (secondary N) is 5. The molecule has 2 aromatic rings. The molecule has 0 fully saturated rings. The highest BCUT2D eigenvalue weighted by molar-refractivity contribution is 7.98. The van der Waals surface area contributed by atoms with Crippen LogP contribution in [0.5, 0.6) is 5.75 Å². The van der Waals surface area contributed by atoms with E-state index in [1.165, 1.54) is 30.8 Å². The Morgan fingerprint density at radius 2 is 1.32 bits per heavy atom. The Morgan fingerprint density at radius 3 is 1.92 bits per heavy atom. The van der Waals surface area contributed by atoms with Crippen molar-refractivity contribution >= 4 is 47.2 Å². The zero-order chi connectivity index (χ0) is 37.1. The zero-order valence-corrected chi connectivity index (χ0v) is 29.3. The maximum atomic E-state index is 13.3. The van der Waals surface area contributed by atoms with Gasteiger partial charge < -0.3 is 48.9 Å². The van der Waals surface area contributed by atoms with Crippen LogP contribution in [0.2, 0.25) is 0 Å². The van der Waals surface area contributed by atoms with Crippen molar-refractivity contribution in [2.24, 2.45) is 17.2 Å². The van der Waals surface area contributed by atoms with Gasteiger partial charge in [0.25, 0.3) is 0 Å². The van der Waals surface area contributed by atoms with Gasteiger partial charge >= 0.3 is 0 Å². The molecule has 274 valence electrons. The summed E-state index contributed by atoms with van der Waals surface area (Å²) < 4.78 is 0. The SMILES string of the molecule is CSCC[C@H](NC(=O)[C@H](Cc1ccccc1)NC(=O)CNC(=O)[C@@H](C)NC(=O)[C@H](Cc1ccc(O)cc1)NC(=O)[C@@H](N)CCCCN)C(N)=O. The van der Waals surface area contributed by atoms with Crippen LogP contribution in [-0.4, -0.2) is 95.9 Å². The van der Waals surface area contributed by atoms with Crippen molar-refractivity contribution in [2.45, 2.75) is 75.7 Å². The molecule has 6 amide bonds. The number of unbranched alkanes of at least 4 members (excludes halogenated alkanes) is 1. The van der Waals surface area contributed by atoms with E-state index in [0.29, 0.717) is 43.5 Å². The van der Waals surface area contributed by atoms with Gasteiger partial charge in [0.1, 0.15) is 29.9 Å². The average molecular weight is 715 g/mol. The van der Waals surface area contributed by atoms with Crippen LogP contribution in [0, 0.1) is 0 Å². The van der Waals surface area contributed by atoms with Gasteiger partial charge in [0.15, 0.2) is 0 Å². The zero-order valence-electron chi connectivity index (χ0n) is 28.5. The molecule has 0 saturated carbocycles. The molecule has 0 saturated heterocycles. The van der Waals surface area contributed by atoms with E-state index in [9.17, 15) is 33.9 Å². The van der Waals surface area contributed by atoms with E-state index in [-0.39, 0.29) is 18.6 Å². The van der Waals surface area contributed by atoms with Gasteiger partial charge in [-0.1, -0.05) is 48.9 Å². The highest BCUT2D eigenvalue weighted by Crippen LogP contribution is 2.12. The average Bonchev–Trinajstić information content (AvgIpc) is 3.09. The summed E-state index contributed by atoms with van der Waals surface area (Å²) in [6, 6.07) is 9.91. The van der Waals surface area contributed by atoms with Crippen LogP contribution < -0.4 is 43.8 Å². The Hall–Kier alpha value is -4.67. The second kappa shape index (κ2) is 22.1. The summed E-state index contributed by atoms with van der Waals surface area (Å²) >= 11 is 1.49. The van der Waals surface area contributed by atoms with E-state index in [2.05, 4.69) is 26.6 Å². The van der Waals surface area contributed by atoms with Crippen LogP contribution in [-0.2, 0) is 41.6 Å². The van der Waals surface area contributed by atoms with Crippen molar-refractivity contribution in [3.05, 3.63) is 65.7 Å². The minimum Gasteiger partial charge on any atom is -0.508 e. The largest absolute Gasteiger partial charge is 0.508 e. The van der Waals surface area contributed by atoms with Gasteiger partial charge in [-0.2, -0.15) is 11.8 Å². The van der Waals surface area contributed by atoms with Crippen LogP contribution in [0.15, 0.2) is 54.6 Å². The number of nitrogens with two attached hydrogens (primary N) is 3. The minimum atomic E-state index is -1.12. The number of phenols is 1. The molecule has 2 rings (SSSR count). The number of primary amides is 1. The van der Waals surface area contributed by atoms with Gasteiger partial charge in [-0.05, 0) is 68.0 Å². The lowest BCUT2D eigenvalue weighted by Gasteiger charge is -2.23. The van der Waals surface area contributed by atoms with Gasteiger partial charge in [0.05, 0.1) is 12.6 Å². The van der Waals surface area contributed by atoms with E-state index in [0.717, 1.165) is 5.56 Å². The van der Waals surface area contributed by atoms with Gasteiger partial charge in [0, 0.05) is 12.8 Å². The summed E-state index contributed by atoms with van der Waals surface area (Å²) in [5.41, 5.74) is 18.4. The highest BCUT2D eigenvalue weighted by atomic mass is 32.2. The van der Waals surface area contributed by atoms with Crippen molar-refractivity contribution in [2.75, 3.05) is 25.1 Å². The van der Waals surface area contributed by atoms with E-state index < -0.39 is 72.2 Å². The van der Waals surface area contributed by atoms with Gasteiger partial charge in [-0.25, -0.2) is 0 Å². The molecule has 0 aliphatic rings. The molecule has 0 heterocycles.